The van der Waals surface area contributed by atoms with E-state index >= 15 is 0 Å². The van der Waals surface area contributed by atoms with Crippen LogP contribution < -0.4 is 0 Å². The number of para-hydroxylation sites is 2. The topological polar surface area (TPSA) is 23.0 Å². The molecule has 3 heteroatoms. The Bertz CT molecular complexity index is 2660. The summed E-state index contributed by atoms with van der Waals surface area (Å²) in [5.74, 6) is 0. The van der Waals surface area contributed by atoms with E-state index < -0.39 is 0 Å². The highest BCUT2D eigenvalue weighted by molar-refractivity contribution is 6.30. The van der Waals surface area contributed by atoms with Crippen molar-refractivity contribution in [2.24, 2.45) is 0 Å². The summed E-state index contributed by atoms with van der Waals surface area (Å²) in [6.07, 6.45) is 5.68. The van der Waals surface area contributed by atoms with E-state index in [2.05, 4.69) is 150 Å². The average molecular weight is 577 g/mol. The smallest absolute Gasteiger partial charge is 0.145 e. The third-order valence-electron chi connectivity index (χ3n) is 9.05. The molecule has 9 aromatic rings. The molecule has 0 atom stereocenters. The van der Waals surface area contributed by atoms with Gasteiger partial charge < -0.3 is 13.6 Å². The highest BCUT2D eigenvalue weighted by Gasteiger charge is 2.23. The van der Waals surface area contributed by atoms with Crippen molar-refractivity contribution in [3.8, 4) is 16.8 Å². The molecular weight excluding hydrogens is 548 g/mol. The van der Waals surface area contributed by atoms with Gasteiger partial charge in [-0.3, -0.25) is 0 Å². The van der Waals surface area contributed by atoms with Gasteiger partial charge in [-0.2, -0.15) is 0 Å². The normalized spacial score (nSPS) is 12.3. The molecule has 3 nitrogen and oxygen atoms in total. The summed E-state index contributed by atoms with van der Waals surface area (Å²) in [4.78, 5) is 0. The van der Waals surface area contributed by atoms with Crippen LogP contribution in [0.5, 0.6) is 0 Å². The lowest BCUT2D eigenvalue weighted by molar-refractivity contribution is 0.677. The molecule has 0 bridgehead atoms. The molecule has 0 fully saturated rings. The molecule has 0 saturated heterocycles. The summed E-state index contributed by atoms with van der Waals surface area (Å²) in [5.41, 5.74) is 10.7. The maximum atomic E-state index is 7.13. The average Bonchev–Trinajstić information content (AvgIpc) is 3.75. The SMILES string of the molecule is C=C/C=C(\C=C)n1c2ccccc2c2c3oc4c(ccc5c4c4c(-c6ccccc6)cccc4n5-c4ccccc4)c3ccc21. The van der Waals surface area contributed by atoms with Crippen molar-refractivity contribution in [3.63, 3.8) is 0 Å². The van der Waals surface area contributed by atoms with Gasteiger partial charge in [0, 0.05) is 32.9 Å². The van der Waals surface area contributed by atoms with E-state index in [9.17, 15) is 0 Å². The highest BCUT2D eigenvalue weighted by Crippen LogP contribution is 2.46. The van der Waals surface area contributed by atoms with Gasteiger partial charge in [0.1, 0.15) is 11.2 Å². The molecule has 0 aliphatic carbocycles. The zero-order chi connectivity index (χ0) is 30.1. The van der Waals surface area contributed by atoms with Crippen LogP contribution in [-0.2, 0) is 0 Å². The Morgan fingerprint density at radius 1 is 0.533 bits per heavy atom. The van der Waals surface area contributed by atoms with Crippen molar-refractivity contribution in [2.75, 3.05) is 0 Å². The predicted octanol–water partition coefficient (Wildman–Crippen LogP) is 11.7. The second kappa shape index (κ2) is 9.73. The van der Waals surface area contributed by atoms with Crippen LogP contribution in [0.2, 0.25) is 0 Å². The first-order valence-corrected chi connectivity index (χ1v) is 15.2. The van der Waals surface area contributed by atoms with E-state index in [4.69, 9.17) is 4.42 Å². The molecule has 0 radical (unpaired) electrons. The van der Waals surface area contributed by atoms with Crippen LogP contribution >= 0.6 is 0 Å². The molecule has 0 amide bonds. The van der Waals surface area contributed by atoms with Crippen molar-refractivity contribution < 1.29 is 4.42 Å². The van der Waals surface area contributed by atoms with E-state index in [0.29, 0.717) is 0 Å². The first-order valence-electron chi connectivity index (χ1n) is 15.2. The van der Waals surface area contributed by atoms with Crippen LogP contribution in [0.3, 0.4) is 0 Å². The van der Waals surface area contributed by atoms with Crippen LogP contribution in [0.4, 0.5) is 0 Å². The van der Waals surface area contributed by atoms with Crippen molar-refractivity contribution in [1.29, 1.82) is 0 Å². The Morgan fingerprint density at radius 3 is 1.93 bits per heavy atom. The molecule has 6 aromatic carbocycles. The predicted molar refractivity (Wildman–Crippen MR) is 191 cm³/mol. The monoisotopic (exact) mass is 576 g/mol. The number of benzene rings is 6. The van der Waals surface area contributed by atoms with E-state index in [0.717, 1.165) is 71.5 Å². The Hall–Kier alpha value is -6.06. The van der Waals surface area contributed by atoms with Crippen molar-refractivity contribution in [1.82, 2.24) is 9.13 Å². The number of furan rings is 1. The molecule has 0 aliphatic heterocycles. The number of hydrogen-bond donors (Lipinski definition) is 0. The molecular formula is C42H28N2O. The molecule has 0 N–H and O–H groups in total. The maximum Gasteiger partial charge on any atom is 0.145 e. The Labute approximate surface area is 259 Å². The van der Waals surface area contributed by atoms with Crippen molar-refractivity contribution in [2.45, 2.75) is 0 Å². The fraction of sp³-hybridized carbons (Fsp3) is 0. The van der Waals surface area contributed by atoms with Gasteiger partial charge in [0.25, 0.3) is 0 Å². The first-order chi connectivity index (χ1) is 22.3. The molecule has 45 heavy (non-hydrogen) atoms. The number of nitrogens with zero attached hydrogens (tertiary/aromatic N) is 2. The lowest BCUT2D eigenvalue weighted by atomic mass is 9.98. The van der Waals surface area contributed by atoms with Crippen molar-refractivity contribution in [3.05, 3.63) is 159 Å². The highest BCUT2D eigenvalue weighted by atomic mass is 16.3. The quantitative estimate of drug-likeness (QED) is 0.187. The van der Waals surface area contributed by atoms with Crippen LogP contribution in [0.1, 0.15) is 0 Å². The molecule has 3 heterocycles. The number of rotatable bonds is 5. The zero-order valence-electron chi connectivity index (χ0n) is 24.6. The minimum absolute atomic E-state index is 0.893. The van der Waals surface area contributed by atoms with Crippen LogP contribution in [0.25, 0.3) is 88.1 Å². The minimum Gasteiger partial charge on any atom is -0.455 e. The second-order valence-corrected chi connectivity index (χ2v) is 11.4. The maximum absolute atomic E-state index is 7.13. The third-order valence-corrected chi connectivity index (χ3v) is 9.05. The van der Waals surface area contributed by atoms with E-state index in [1.54, 1.807) is 6.08 Å². The van der Waals surface area contributed by atoms with Crippen LogP contribution in [0, 0.1) is 0 Å². The Balaban J connectivity index is 1.49. The van der Waals surface area contributed by atoms with Gasteiger partial charge in [-0.1, -0.05) is 98.1 Å². The number of fused-ring (bicyclic) bond motifs is 11. The van der Waals surface area contributed by atoms with Gasteiger partial charge in [-0.25, -0.2) is 0 Å². The molecule has 0 spiro atoms. The molecule has 0 aliphatic rings. The minimum atomic E-state index is 0.893. The van der Waals surface area contributed by atoms with E-state index in [1.165, 1.54) is 16.5 Å². The summed E-state index contributed by atoms with van der Waals surface area (Å²) in [6, 6.07) is 45.2. The van der Waals surface area contributed by atoms with Gasteiger partial charge in [0.2, 0.25) is 0 Å². The first kappa shape index (κ1) is 25.4. The largest absolute Gasteiger partial charge is 0.455 e. The van der Waals surface area contributed by atoms with E-state index in [1.807, 2.05) is 12.2 Å². The third kappa shape index (κ3) is 3.52. The van der Waals surface area contributed by atoms with Crippen LogP contribution in [-0.4, -0.2) is 9.13 Å². The number of hydrogen-bond acceptors (Lipinski definition) is 1. The van der Waals surface area contributed by atoms with Crippen molar-refractivity contribution >= 4 is 71.2 Å². The summed E-state index contributed by atoms with van der Waals surface area (Å²) >= 11 is 0. The number of allylic oxidation sites excluding steroid dienone is 4. The molecule has 212 valence electrons. The van der Waals surface area contributed by atoms with Gasteiger partial charge in [-0.05, 0) is 71.8 Å². The lowest BCUT2D eigenvalue weighted by Crippen LogP contribution is -1.93. The molecule has 0 unspecified atom stereocenters. The second-order valence-electron chi connectivity index (χ2n) is 11.4. The lowest BCUT2D eigenvalue weighted by Gasteiger charge is -2.08. The summed E-state index contributed by atoms with van der Waals surface area (Å²) in [5, 5.41) is 6.76. The zero-order valence-corrected chi connectivity index (χ0v) is 24.6. The fourth-order valence-electron chi connectivity index (χ4n) is 7.23. The van der Waals surface area contributed by atoms with Gasteiger partial charge in [0.05, 0.1) is 32.8 Å². The van der Waals surface area contributed by atoms with Gasteiger partial charge in [-0.15, -0.1) is 0 Å². The summed E-state index contributed by atoms with van der Waals surface area (Å²) in [7, 11) is 0. The summed E-state index contributed by atoms with van der Waals surface area (Å²) in [6.45, 7) is 8.05. The van der Waals surface area contributed by atoms with Gasteiger partial charge >= 0.3 is 0 Å². The van der Waals surface area contributed by atoms with Gasteiger partial charge in [0.15, 0.2) is 0 Å². The molecule has 3 aromatic heterocycles. The summed E-state index contributed by atoms with van der Waals surface area (Å²) < 4.78 is 11.7. The van der Waals surface area contributed by atoms with E-state index in [-0.39, 0.29) is 0 Å². The Kier molecular flexibility index (Phi) is 5.50. The molecule has 9 rings (SSSR count). The standard InChI is InChI=1S/C42H28N2O/c1-3-14-28(4-2)43-34-21-12-11-19-33(34)39-36(43)25-23-31-32-24-26-37-40(42(32)45-41(31)39)38-30(27-15-7-5-8-16-27)20-13-22-35(38)44(37)29-17-9-6-10-18-29/h3-26H,1-2H2/b28-14+. The Morgan fingerprint density at radius 2 is 1.18 bits per heavy atom. The molecule has 0 saturated carbocycles. The number of aromatic nitrogens is 2. The van der Waals surface area contributed by atoms with Crippen LogP contribution in [0.15, 0.2) is 163 Å². The fourth-order valence-corrected chi connectivity index (χ4v) is 7.23.